The Kier molecular flexibility index (Phi) is 7.41. The van der Waals surface area contributed by atoms with Crippen molar-refractivity contribution in [1.82, 2.24) is 5.32 Å². The Hall–Kier alpha value is -2.40. The molecular formula is C20H24N2O2S. The Morgan fingerprint density at radius 3 is 2.32 bits per heavy atom. The maximum atomic E-state index is 12.2. The van der Waals surface area contributed by atoms with Gasteiger partial charge in [-0.15, -0.1) is 0 Å². The molecular weight excluding hydrogens is 332 g/mol. The third-order valence-corrected chi connectivity index (χ3v) is 4.00. The quantitative estimate of drug-likeness (QED) is 0.585. The van der Waals surface area contributed by atoms with Crippen LogP contribution in [0.5, 0.6) is 0 Å². The van der Waals surface area contributed by atoms with Crippen LogP contribution in [-0.4, -0.2) is 23.7 Å². The van der Waals surface area contributed by atoms with Crippen LogP contribution in [0.15, 0.2) is 54.6 Å². The Labute approximate surface area is 154 Å². The van der Waals surface area contributed by atoms with E-state index in [9.17, 15) is 4.79 Å². The molecule has 0 saturated carbocycles. The zero-order chi connectivity index (χ0) is 18.1. The molecule has 132 valence electrons. The highest BCUT2D eigenvalue weighted by atomic mass is 32.1. The second-order valence-corrected chi connectivity index (χ2v) is 6.05. The molecule has 2 aromatic rings. The van der Waals surface area contributed by atoms with Gasteiger partial charge in [-0.1, -0.05) is 49.4 Å². The van der Waals surface area contributed by atoms with Gasteiger partial charge in [0.05, 0.1) is 6.61 Å². The maximum absolute atomic E-state index is 12.2. The van der Waals surface area contributed by atoms with E-state index in [0.717, 1.165) is 17.7 Å². The first kappa shape index (κ1) is 18.9. The zero-order valence-corrected chi connectivity index (χ0v) is 15.4. The number of carbonyl (C=O) groups is 1. The van der Waals surface area contributed by atoms with Crippen molar-refractivity contribution in [2.24, 2.45) is 0 Å². The van der Waals surface area contributed by atoms with Gasteiger partial charge in [0.2, 0.25) is 0 Å². The standard InChI is InChI=1S/C20H24N2O2S/c1-3-15-10-12-17(13-11-15)21-20(25)22-18(19(23)24-4-2)14-16-8-6-5-7-9-16/h5-13,18H,3-4,14H2,1-2H3,(H2,21,22,25)/t18-/m0/s1. The second-order valence-electron chi connectivity index (χ2n) is 5.64. The number of hydrogen-bond donors (Lipinski definition) is 2. The number of aryl methyl sites for hydroxylation is 1. The average molecular weight is 356 g/mol. The number of anilines is 1. The minimum absolute atomic E-state index is 0.308. The molecule has 0 bridgehead atoms. The number of nitrogens with one attached hydrogen (secondary N) is 2. The van der Waals surface area contributed by atoms with Gasteiger partial charge >= 0.3 is 5.97 Å². The van der Waals surface area contributed by atoms with E-state index in [1.165, 1.54) is 5.56 Å². The van der Waals surface area contributed by atoms with Crippen molar-refractivity contribution in [3.8, 4) is 0 Å². The van der Waals surface area contributed by atoms with Gasteiger partial charge in [-0.05, 0) is 48.8 Å². The molecule has 2 rings (SSSR count). The predicted molar refractivity (Wildman–Crippen MR) is 106 cm³/mol. The molecule has 5 heteroatoms. The number of hydrogen-bond acceptors (Lipinski definition) is 3. The fourth-order valence-electron chi connectivity index (χ4n) is 2.44. The van der Waals surface area contributed by atoms with Crippen molar-refractivity contribution in [2.45, 2.75) is 32.7 Å². The topological polar surface area (TPSA) is 50.4 Å². The first-order valence-electron chi connectivity index (χ1n) is 8.49. The van der Waals surface area contributed by atoms with Crippen LogP contribution < -0.4 is 10.6 Å². The first-order valence-corrected chi connectivity index (χ1v) is 8.90. The SMILES string of the molecule is CCOC(=O)[C@H](Cc1ccccc1)NC(=S)Nc1ccc(CC)cc1. The van der Waals surface area contributed by atoms with Crippen molar-refractivity contribution < 1.29 is 9.53 Å². The molecule has 0 aromatic heterocycles. The molecule has 25 heavy (non-hydrogen) atoms. The van der Waals surface area contributed by atoms with Crippen molar-refractivity contribution in [3.05, 3.63) is 65.7 Å². The molecule has 0 aliphatic carbocycles. The van der Waals surface area contributed by atoms with Gasteiger partial charge in [0, 0.05) is 12.1 Å². The van der Waals surface area contributed by atoms with E-state index in [-0.39, 0.29) is 5.97 Å². The molecule has 0 unspecified atom stereocenters. The van der Waals surface area contributed by atoms with Gasteiger partial charge in [-0.25, -0.2) is 4.79 Å². The van der Waals surface area contributed by atoms with Gasteiger partial charge in [0.1, 0.15) is 6.04 Å². The normalized spacial score (nSPS) is 11.4. The monoisotopic (exact) mass is 356 g/mol. The summed E-state index contributed by atoms with van der Waals surface area (Å²) in [6.07, 6.45) is 1.50. The Bertz CT molecular complexity index is 687. The third kappa shape index (κ3) is 6.19. The van der Waals surface area contributed by atoms with Crippen LogP contribution in [0, 0.1) is 0 Å². The van der Waals surface area contributed by atoms with Crippen LogP contribution in [0.25, 0.3) is 0 Å². The van der Waals surface area contributed by atoms with Crippen molar-refractivity contribution in [3.63, 3.8) is 0 Å². The lowest BCUT2D eigenvalue weighted by atomic mass is 10.1. The van der Waals surface area contributed by atoms with Crippen molar-refractivity contribution >= 4 is 29.0 Å². The zero-order valence-electron chi connectivity index (χ0n) is 14.6. The third-order valence-electron chi connectivity index (χ3n) is 3.78. The lowest BCUT2D eigenvalue weighted by Crippen LogP contribution is -2.45. The first-order chi connectivity index (χ1) is 12.1. The van der Waals surface area contributed by atoms with Gasteiger partial charge in [0.15, 0.2) is 5.11 Å². The second kappa shape index (κ2) is 9.79. The summed E-state index contributed by atoms with van der Waals surface area (Å²) < 4.78 is 5.17. The predicted octanol–water partition coefficient (Wildman–Crippen LogP) is 3.71. The fourth-order valence-corrected chi connectivity index (χ4v) is 2.70. The summed E-state index contributed by atoms with van der Waals surface area (Å²) in [6, 6.07) is 17.3. The highest BCUT2D eigenvalue weighted by Gasteiger charge is 2.21. The highest BCUT2D eigenvalue weighted by molar-refractivity contribution is 7.80. The van der Waals surface area contributed by atoms with Crippen LogP contribution in [0.2, 0.25) is 0 Å². The number of rotatable bonds is 7. The summed E-state index contributed by atoms with van der Waals surface area (Å²) in [7, 11) is 0. The summed E-state index contributed by atoms with van der Waals surface area (Å²) in [5.74, 6) is -0.308. The highest BCUT2D eigenvalue weighted by Crippen LogP contribution is 2.10. The minimum Gasteiger partial charge on any atom is -0.464 e. The summed E-state index contributed by atoms with van der Waals surface area (Å²) >= 11 is 5.36. The van der Waals surface area contributed by atoms with Crippen LogP contribution in [0.1, 0.15) is 25.0 Å². The molecule has 0 saturated heterocycles. The Morgan fingerprint density at radius 2 is 1.72 bits per heavy atom. The molecule has 2 N–H and O–H groups in total. The van der Waals surface area contributed by atoms with E-state index in [4.69, 9.17) is 17.0 Å². The van der Waals surface area contributed by atoms with Gasteiger partial charge in [0.25, 0.3) is 0 Å². The Balaban J connectivity index is 2.01. The summed E-state index contributed by atoms with van der Waals surface area (Å²) in [5.41, 5.74) is 3.19. The number of thiocarbonyl (C=S) groups is 1. The Morgan fingerprint density at radius 1 is 1.04 bits per heavy atom. The largest absolute Gasteiger partial charge is 0.464 e. The summed E-state index contributed by atoms with van der Waals surface area (Å²) in [5, 5.41) is 6.59. The lowest BCUT2D eigenvalue weighted by molar-refractivity contribution is -0.145. The van der Waals surface area contributed by atoms with Crippen LogP contribution in [-0.2, 0) is 22.4 Å². The number of carbonyl (C=O) groups excluding carboxylic acids is 1. The van der Waals surface area contributed by atoms with E-state index in [1.54, 1.807) is 6.92 Å². The van der Waals surface area contributed by atoms with E-state index in [1.807, 2.05) is 42.5 Å². The summed E-state index contributed by atoms with van der Waals surface area (Å²) in [4.78, 5) is 12.2. The summed E-state index contributed by atoms with van der Waals surface area (Å²) in [6.45, 7) is 4.25. The van der Waals surface area contributed by atoms with Gasteiger partial charge in [-0.2, -0.15) is 0 Å². The molecule has 2 aromatic carbocycles. The van der Waals surface area contributed by atoms with E-state index >= 15 is 0 Å². The smallest absolute Gasteiger partial charge is 0.328 e. The molecule has 0 radical (unpaired) electrons. The van der Waals surface area contributed by atoms with Crippen LogP contribution in [0.4, 0.5) is 5.69 Å². The average Bonchev–Trinajstić information content (AvgIpc) is 2.63. The number of ether oxygens (including phenoxy) is 1. The van der Waals surface area contributed by atoms with Crippen molar-refractivity contribution in [2.75, 3.05) is 11.9 Å². The molecule has 0 spiro atoms. The maximum Gasteiger partial charge on any atom is 0.328 e. The van der Waals surface area contributed by atoms with Crippen molar-refractivity contribution in [1.29, 1.82) is 0 Å². The van der Waals surface area contributed by atoms with Crippen LogP contribution >= 0.6 is 12.2 Å². The van der Waals surface area contributed by atoms with Gasteiger partial charge in [-0.3, -0.25) is 0 Å². The molecule has 0 fully saturated rings. The van der Waals surface area contributed by atoms with Crippen LogP contribution in [0.3, 0.4) is 0 Å². The minimum atomic E-state index is -0.530. The molecule has 0 aliphatic heterocycles. The molecule has 0 aliphatic rings. The lowest BCUT2D eigenvalue weighted by Gasteiger charge is -2.19. The fraction of sp³-hybridized carbons (Fsp3) is 0.300. The molecule has 0 heterocycles. The van der Waals surface area contributed by atoms with E-state index < -0.39 is 6.04 Å². The molecule has 1 atom stereocenters. The molecule has 4 nitrogen and oxygen atoms in total. The number of benzene rings is 2. The van der Waals surface area contributed by atoms with E-state index in [2.05, 4.69) is 29.7 Å². The molecule has 0 amide bonds. The van der Waals surface area contributed by atoms with E-state index in [0.29, 0.717) is 18.1 Å². The number of esters is 1. The van der Waals surface area contributed by atoms with Gasteiger partial charge < -0.3 is 15.4 Å².